The molecule has 1 heterocycles. The van der Waals surface area contributed by atoms with E-state index in [-0.39, 0.29) is 23.2 Å². The van der Waals surface area contributed by atoms with Crippen molar-refractivity contribution in [3.8, 4) is 5.75 Å². The van der Waals surface area contributed by atoms with Crippen LogP contribution >= 0.6 is 0 Å². The summed E-state index contributed by atoms with van der Waals surface area (Å²) in [5.74, 6) is 0.444. The number of carbonyl (C=O) groups is 1. The smallest absolute Gasteiger partial charge is 0.300 e. The second kappa shape index (κ2) is 10.3. The van der Waals surface area contributed by atoms with E-state index in [1.807, 2.05) is 24.3 Å². The molecular formula is C24H28N4O5S. The zero-order valence-electron chi connectivity index (χ0n) is 18.9. The second-order valence-electron chi connectivity index (χ2n) is 8.41. The Morgan fingerprint density at radius 3 is 2.47 bits per heavy atom. The van der Waals surface area contributed by atoms with E-state index in [9.17, 15) is 13.2 Å². The predicted octanol–water partition coefficient (Wildman–Crippen LogP) is 3.24. The molecule has 34 heavy (non-hydrogen) atoms. The topological polar surface area (TPSA) is 123 Å². The molecule has 0 atom stereocenters. The van der Waals surface area contributed by atoms with Crippen LogP contribution in [-0.2, 0) is 15.6 Å². The van der Waals surface area contributed by atoms with Gasteiger partial charge in [-0.15, -0.1) is 0 Å². The van der Waals surface area contributed by atoms with Gasteiger partial charge in [0, 0.05) is 24.1 Å². The van der Waals surface area contributed by atoms with Crippen LogP contribution in [0, 0.1) is 0 Å². The minimum atomic E-state index is -3.78. The summed E-state index contributed by atoms with van der Waals surface area (Å²) in [6.45, 7) is 0.435. The molecule has 1 saturated carbocycles. The summed E-state index contributed by atoms with van der Waals surface area (Å²) in [6.07, 6.45) is 3.96. The van der Waals surface area contributed by atoms with Crippen molar-refractivity contribution in [1.82, 2.24) is 15.2 Å². The summed E-state index contributed by atoms with van der Waals surface area (Å²) in [6, 6.07) is 18.4. The Kier molecular flexibility index (Phi) is 7.18. The number of ether oxygens (including phenoxy) is 1. The summed E-state index contributed by atoms with van der Waals surface area (Å²) in [5.41, 5.74) is 1.30. The van der Waals surface area contributed by atoms with Crippen LogP contribution < -0.4 is 19.5 Å². The average molecular weight is 485 g/mol. The Morgan fingerprint density at radius 1 is 1.09 bits per heavy atom. The van der Waals surface area contributed by atoms with Crippen LogP contribution in [0.15, 0.2) is 71.4 Å². The van der Waals surface area contributed by atoms with Crippen LogP contribution in [0.4, 0.5) is 5.82 Å². The maximum Gasteiger partial charge on any atom is 0.300 e. The third-order valence-electron chi connectivity index (χ3n) is 6.27. The molecule has 3 aromatic rings. The van der Waals surface area contributed by atoms with Crippen molar-refractivity contribution >= 4 is 21.9 Å². The Bertz CT molecular complexity index is 1190. The number of rotatable bonds is 9. The van der Waals surface area contributed by atoms with Crippen molar-refractivity contribution in [2.45, 2.75) is 37.1 Å². The van der Waals surface area contributed by atoms with Gasteiger partial charge in [0.2, 0.25) is 0 Å². The molecule has 1 aromatic heterocycles. The maximum atomic E-state index is 12.9. The highest BCUT2D eigenvalue weighted by molar-refractivity contribution is 7.90. The van der Waals surface area contributed by atoms with Crippen LogP contribution in [0.3, 0.4) is 0 Å². The van der Waals surface area contributed by atoms with Gasteiger partial charge in [-0.1, -0.05) is 47.6 Å². The number of hydrogen-bond donors (Lipinski definition) is 3. The van der Waals surface area contributed by atoms with Crippen LogP contribution in [-0.4, -0.2) is 39.2 Å². The van der Waals surface area contributed by atoms with Crippen molar-refractivity contribution in [3.63, 3.8) is 0 Å². The van der Waals surface area contributed by atoms with Crippen LogP contribution in [0.2, 0.25) is 0 Å². The summed E-state index contributed by atoms with van der Waals surface area (Å²) in [5, 5.41) is 6.67. The molecule has 180 valence electrons. The van der Waals surface area contributed by atoms with Gasteiger partial charge in [-0.25, -0.2) is 0 Å². The molecule has 1 fully saturated rings. The fourth-order valence-electron chi connectivity index (χ4n) is 4.48. The normalized spacial score (nSPS) is 20.4. The quantitative estimate of drug-likeness (QED) is 0.429. The number of nitrogens with one attached hydrogen (secondary N) is 3. The zero-order chi connectivity index (χ0) is 24.0. The molecule has 1 aliphatic carbocycles. The average Bonchev–Trinajstić information content (AvgIpc) is 3.36. The summed E-state index contributed by atoms with van der Waals surface area (Å²) < 4.78 is 40.0. The Hall–Kier alpha value is -3.37. The first-order valence-electron chi connectivity index (χ1n) is 11.1. The Labute approximate surface area is 199 Å². The lowest BCUT2D eigenvalue weighted by Crippen LogP contribution is -2.48. The number of amides is 1. The van der Waals surface area contributed by atoms with Gasteiger partial charge in [-0.2, -0.15) is 13.1 Å². The molecular weight excluding hydrogens is 456 g/mol. The number of carbonyl (C=O) groups excluding carboxylic acids is 1. The van der Waals surface area contributed by atoms with Gasteiger partial charge < -0.3 is 14.6 Å². The highest BCUT2D eigenvalue weighted by Crippen LogP contribution is 2.39. The van der Waals surface area contributed by atoms with Crippen LogP contribution in [0.25, 0.3) is 0 Å². The standard InChI is InChI=1S/C24H28N4O5S/c1-32-21-10-6-5-9-20(21)23(29)25-17-24(18-7-3-2-4-8-18)14-11-19(12-15-24)27-34(30,31)28-22-13-16-33-26-22/h2-10,13,16,19,27H,11-12,14-15,17H2,1H3,(H,25,29)(H,26,28)/t19-,24-. The fourth-order valence-corrected chi connectivity index (χ4v) is 5.59. The van der Waals surface area contributed by atoms with E-state index < -0.39 is 10.2 Å². The van der Waals surface area contributed by atoms with E-state index in [2.05, 4.69) is 36.6 Å². The van der Waals surface area contributed by atoms with Crippen molar-refractivity contribution in [2.75, 3.05) is 18.4 Å². The molecule has 0 aliphatic heterocycles. The maximum absolute atomic E-state index is 12.9. The number of aromatic nitrogens is 1. The number of nitrogens with zero attached hydrogens (tertiary/aromatic N) is 1. The third-order valence-corrected chi connectivity index (χ3v) is 7.39. The minimum Gasteiger partial charge on any atom is -0.496 e. The van der Waals surface area contributed by atoms with E-state index in [1.165, 1.54) is 19.4 Å². The largest absolute Gasteiger partial charge is 0.496 e. The number of anilines is 1. The lowest BCUT2D eigenvalue weighted by molar-refractivity contribution is 0.0932. The number of methoxy groups -OCH3 is 1. The molecule has 1 amide bonds. The molecule has 0 radical (unpaired) electrons. The lowest BCUT2D eigenvalue weighted by atomic mass is 9.68. The number of benzene rings is 2. The van der Waals surface area contributed by atoms with Gasteiger partial charge in [0.15, 0.2) is 5.82 Å². The fraction of sp³-hybridized carbons (Fsp3) is 0.333. The van der Waals surface area contributed by atoms with Crippen molar-refractivity contribution in [3.05, 3.63) is 78.1 Å². The molecule has 9 nitrogen and oxygen atoms in total. The molecule has 2 aromatic carbocycles. The second-order valence-corrected chi connectivity index (χ2v) is 9.86. The number of hydrogen-bond acceptors (Lipinski definition) is 6. The van der Waals surface area contributed by atoms with Crippen molar-refractivity contribution in [2.24, 2.45) is 0 Å². The highest BCUT2D eigenvalue weighted by Gasteiger charge is 2.38. The molecule has 0 saturated heterocycles. The van der Waals surface area contributed by atoms with Crippen molar-refractivity contribution < 1.29 is 22.5 Å². The predicted molar refractivity (Wildman–Crippen MR) is 128 cm³/mol. The molecule has 0 bridgehead atoms. The van der Waals surface area contributed by atoms with E-state index >= 15 is 0 Å². The van der Waals surface area contributed by atoms with Gasteiger partial charge in [-0.05, 0) is 43.4 Å². The van der Waals surface area contributed by atoms with Crippen LogP contribution in [0.1, 0.15) is 41.6 Å². The van der Waals surface area contributed by atoms with Gasteiger partial charge >= 0.3 is 10.2 Å². The van der Waals surface area contributed by atoms with Gasteiger partial charge in [0.05, 0.1) is 12.7 Å². The third kappa shape index (κ3) is 5.57. The van der Waals surface area contributed by atoms with Gasteiger partial charge in [-0.3, -0.25) is 9.52 Å². The minimum absolute atomic E-state index is 0.126. The molecule has 10 heteroatoms. The SMILES string of the molecule is COc1ccccc1C(=O)NC[C@]1(c2ccccc2)CC[C@H](NS(=O)(=O)Nc2ccon2)CC1. The first-order chi connectivity index (χ1) is 16.4. The van der Waals surface area contributed by atoms with Crippen molar-refractivity contribution in [1.29, 1.82) is 0 Å². The highest BCUT2D eigenvalue weighted by atomic mass is 32.2. The molecule has 1 aliphatic rings. The van der Waals surface area contributed by atoms with E-state index in [1.54, 1.807) is 18.2 Å². The van der Waals surface area contributed by atoms with Gasteiger partial charge in [0.25, 0.3) is 5.91 Å². The Morgan fingerprint density at radius 2 is 1.79 bits per heavy atom. The first-order valence-corrected chi connectivity index (χ1v) is 12.6. The number of para-hydroxylation sites is 1. The monoisotopic (exact) mass is 484 g/mol. The summed E-state index contributed by atoms with van der Waals surface area (Å²) >= 11 is 0. The first kappa shape index (κ1) is 23.8. The van der Waals surface area contributed by atoms with Crippen LogP contribution in [0.5, 0.6) is 5.75 Å². The molecule has 0 spiro atoms. The summed E-state index contributed by atoms with van der Waals surface area (Å²) in [7, 11) is -2.24. The van der Waals surface area contributed by atoms with E-state index in [0.717, 1.165) is 5.56 Å². The molecule has 4 rings (SSSR count). The molecule has 3 N–H and O–H groups in total. The lowest BCUT2D eigenvalue weighted by Gasteiger charge is -2.41. The zero-order valence-corrected chi connectivity index (χ0v) is 19.7. The van der Waals surface area contributed by atoms with E-state index in [4.69, 9.17) is 4.74 Å². The molecule has 0 unspecified atom stereocenters. The summed E-state index contributed by atoms with van der Waals surface area (Å²) in [4.78, 5) is 12.9. The Balaban J connectivity index is 1.45. The van der Waals surface area contributed by atoms with Gasteiger partial charge in [0.1, 0.15) is 12.0 Å². The van der Waals surface area contributed by atoms with E-state index in [0.29, 0.717) is 43.5 Å².